The summed E-state index contributed by atoms with van der Waals surface area (Å²) in [5, 5.41) is 9.07. The predicted octanol–water partition coefficient (Wildman–Crippen LogP) is 6.60. The Labute approximate surface area is 243 Å². The number of ether oxygens (including phenoxy) is 1. The summed E-state index contributed by atoms with van der Waals surface area (Å²) in [6.07, 6.45) is 6.30. The standard InChI is InChI=1S/C33H32FN3O4S/c1-42(39,40)27-14-20(15-27)16-31(38)21-2-4-22(5-3-21)32-28-18-29-24(19-35-36-29)17-30(28)37(26-8-6-25(34)7-9-26)33(32)23-10-12-41-13-11-23/h2-9,17-20,23,27H,10-16H2,1H3,(H,35,36). The number of carbonyl (C=O) groups is 1. The van der Waals surface area contributed by atoms with Crippen molar-refractivity contribution >= 4 is 37.4 Å². The van der Waals surface area contributed by atoms with E-state index in [1.807, 2.05) is 42.6 Å². The maximum absolute atomic E-state index is 14.0. The lowest BCUT2D eigenvalue weighted by molar-refractivity contribution is 0.0843. The second kappa shape index (κ2) is 10.5. The molecule has 2 aromatic heterocycles. The van der Waals surface area contributed by atoms with Gasteiger partial charge in [-0.15, -0.1) is 0 Å². The van der Waals surface area contributed by atoms with Crippen LogP contribution in [0, 0.1) is 11.7 Å². The first kappa shape index (κ1) is 27.0. The number of aromatic nitrogens is 3. The summed E-state index contributed by atoms with van der Waals surface area (Å²) >= 11 is 0. The van der Waals surface area contributed by atoms with Gasteiger partial charge in [-0.25, -0.2) is 12.8 Å². The van der Waals surface area contributed by atoms with E-state index >= 15 is 0 Å². The second-order valence-corrected chi connectivity index (χ2v) is 14.1. The summed E-state index contributed by atoms with van der Waals surface area (Å²) in [6.45, 7) is 1.35. The number of carbonyl (C=O) groups excluding carboxylic acids is 1. The molecular weight excluding hydrogens is 553 g/mol. The van der Waals surface area contributed by atoms with Gasteiger partial charge in [0.2, 0.25) is 0 Å². The quantitative estimate of drug-likeness (QED) is 0.217. The third-order valence-corrected chi connectivity index (χ3v) is 10.6. The van der Waals surface area contributed by atoms with Crippen molar-refractivity contribution in [2.24, 2.45) is 5.92 Å². The molecule has 7 nitrogen and oxygen atoms in total. The Morgan fingerprint density at radius 1 is 1.05 bits per heavy atom. The highest BCUT2D eigenvalue weighted by molar-refractivity contribution is 7.91. The number of ketones is 1. The normalized spacial score (nSPS) is 19.8. The molecule has 42 heavy (non-hydrogen) atoms. The van der Waals surface area contributed by atoms with Crippen LogP contribution in [0.15, 0.2) is 66.9 Å². The summed E-state index contributed by atoms with van der Waals surface area (Å²) in [5.74, 6) is 0.0956. The fourth-order valence-electron chi connectivity index (χ4n) is 6.67. The maximum Gasteiger partial charge on any atom is 0.163 e. The highest BCUT2D eigenvalue weighted by Gasteiger charge is 2.37. The molecule has 1 N–H and O–H groups in total. The number of nitrogens with zero attached hydrogens (tertiary/aromatic N) is 2. The van der Waals surface area contributed by atoms with Gasteiger partial charge in [-0.1, -0.05) is 24.3 Å². The molecule has 1 saturated heterocycles. The summed E-state index contributed by atoms with van der Waals surface area (Å²) in [6, 6.07) is 18.7. The van der Waals surface area contributed by atoms with Crippen molar-refractivity contribution in [3.8, 4) is 16.8 Å². The number of hydrogen-bond donors (Lipinski definition) is 1. The molecule has 0 atom stereocenters. The lowest BCUT2D eigenvalue weighted by Crippen LogP contribution is -2.36. The first-order valence-corrected chi connectivity index (χ1v) is 16.4. The van der Waals surface area contributed by atoms with Crippen LogP contribution in [0.2, 0.25) is 0 Å². The zero-order chi connectivity index (χ0) is 29.0. The molecule has 1 saturated carbocycles. The van der Waals surface area contributed by atoms with E-state index in [9.17, 15) is 17.6 Å². The highest BCUT2D eigenvalue weighted by Crippen LogP contribution is 2.45. The largest absolute Gasteiger partial charge is 0.381 e. The monoisotopic (exact) mass is 585 g/mol. The molecule has 9 heteroatoms. The molecule has 0 unspecified atom stereocenters. The van der Waals surface area contributed by atoms with Crippen LogP contribution in [0.25, 0.3) is 38.6 Å². The average molecular weight is 586 g/mol. The Balaban J connectivity index is 1.32. The third kappa shape index (κ3) is 4.84. The van der Waals surface area contributed by atoms with Crippen LogP contribution in [0.4, 0.5) is 4.39 Å². The predicted molar refractivity (Wildman–Crippen MR) is 161 cm³/mol. The van der Waals surface area contributed by atoms with Crippen molar-refractivity contribution < 1.29 is 22.3 Å². The number of rotatable bonds is 7. The Bertz CT molecular complexity index is 1900. The molecule has 2 fully saturated rings. The topological polar surface area (TPSA) is 94.1 Å². The molecular formula is C33H32FN3O4S. The minimum atomic E-state index is -3.04. The molecule has 3 heterocycles. The van der Waals surface area contributed by atoms with Crippen LogP contribution >= 0.6 is 0 Å². The number of aromatic amines is 1. The molecule has 7 rings (SSSR count). The number of Topliss-reactive ketones (excluding diaryl/α,β-unsaturated/α-hetero) is 1. The molecule has 216 valence electrons. The average Bonchev–Trinajstić information content (AvgIpc) is 3.55. The van der Waals surface area contributed by atoms with Crippen LogP contribution < -0.4 is 0 Å². The molecule has 0 radical (unpaired) electrons. The van der Waals surface area contributed by atoms with Gasteiger partial charge in [0, 0.05) is 65.1 Å². The summed E-state index contributed by atoms with van der Waals surface area (Å²) in [7, 11) is -3.04. The van der Waals surface area contributed by atoms with Gasteiger partial charge in [0.25, 0.3) is 0 Å². The highest BCUT2D eigenvalue weighted by atomic mass is 32.2. The number of benzene rings is 3. The Hall–Kier alpha value is -3.82. The smallest absolute Gasteiger partial charge is 0.163 e. The molecule has 2 aliphatic rings. The number of H-pyrrole nitrogens is 1. The van der Waals surface area contributed by atoms with Crippen LogP contribution in [-0.4, -0.2) is 53.7 Å². The van der Waals surface area contributed by atoms with Crippen molar-refractivity contribution in [3.63, 3.8) is 0 Å². The van der Waals surface area contributed by atoms with Crippen molar-refractivity contribution in [1.29, 1.82) is 0 Å². The minimum Gasteiger partial charge on any atom is -0.381 e. The lowest BCUT2D eigenvalue weighted by Gasteiger charge is -2.33. The first-order chi connectivity index (χ1) is 20.3. The van der Waals surface area contributed by atoms with Gasteiger partial charge in [-0.3, -0.25) is 9.89 Å². The van der Waals surface area contributed by atoms with Gasteiger partial charge in [0.15, 0.2) is 5.78 Å². The van der Waals surface area contributed by atoms with Crippen LogP contribution in [0.1, 0.15) is 54.1 Å². The molecule has 0 bridgehead atoms. The van der Waals surface area contributed by atoms with E-state index < -0.39 is 9.84 Å². The van der Waals surface area contributed by atoms with Gasteiger partial charge in [-0.05, 0) is 73.6 Å². The fraction of sp³-hybridized carbons (Fsp3) is 0.333. The van der Waals surface area contributed by atoms with E-state index in [4.69, 9.17) is 4.74 Å². The summed E-state index contributed by atoms with van der Waals surface area (Å²) < 4.78 is 45.5. The Kier molecular flexibility index (Phi) is 6.74. The van der Waals surface area contributed by atoms with Gasteiger partial charge < -0.3 is 9.30 Å². The Morgan fingerprint density at radius 2 is 1.76 bits per heavy atom. The van der Waals surface area contributed by atoms with Crippen molar-refractivity contribution in [2.45, 2.75) is 43.3 Å². The van der Waals surface area contributed by atoms with E-state index in [2.05, 4.69) is 26.9 Å². The van der Waals surface area contributed by atoms with Crippen LogP contribution in [0.5, 0.6) is 0 Å². The summed E-state index contributed by atoms with van der Waals surface area (Å²) in [4.78, 5) is 13.1. The van der Waals surface area contributed by atoms with E-state index in [-0.39, 0.29) is 28.7 Å². The van der Waals surface area contributed by atoms with Gasteiger partial charge in [0.1, 0.15) is 15.7 Å². The molecule has 1 aliphatic carbocycles. The van der Waals surface area contributed by atoms with Crippen LogP contribution in [-0.2, 0) is 14.6 Å². The van der Waals surface area contributed by atoms with Crippen molar-refractivity contribution in [3.05, 3.63) is 83.9 Å². The van der Waals surface area contributed by atoms with E-state index in [1.54, 1.807) is 0 Å². The Morgan fingerprint density at radius 3 is 2.45 bits per heavy atom. The van der Waals surface area contributed by atoms with Gasteiger partial charge in [-0.2, -0.15) is 5.10 Å². The lowest BCUT2D eigenvalue weighted by atomic mass is 9.80. The number of halogens is 1. The van der Waals surface area contributed by atoms with Crippen LogP contribution in [0.3, 0.4) is 0 Å². The number of nitrogens with one attached hydrogen (secondary N) is 1. The zero-order valence-electron chi connectivity index (χ0n) is 23.3. The van der Waals surface area contributed by atoms with Crippen molar-refractivity contribution in [2.75, 3.05) is 19.5 Å². The zero-order valence-corrected chi connectivity index (χ0v) is 24.2. The fourth-order valence-corrected chi connectivity index (χ4v) is 7.91. The number of hydrogen-bond acceptors (Lipinski definition) is 5. The third-order valence-electron chi connectivity index (χ3n) is 9.02. The molecule has 1 aliphatic heterocycles. The first-order valence-electron chi connectivity index (χ1n) is 14.4. The SMILES string of the molecule is CS(=O)(=O)C1CC(CC(=O)c2ccc(-c3c(C4CCOCC4)n(-c4ccc(F)cc4)c4cc5cn[nH]c5cc34)cc2)C1. The van der Waals surface area contributed by atoms with Gasteiger partial charge >= 0.3 is 0 Å². The maximum atomic E-state index is 14.0. The minimum absolute atomic E-state index is 0.0380. The second-order valence-electron chi connectivity index (χ2n) is 11.8. The molecule has 3 aromatic carbocycles. The van der Waals surface area contributed by atoms with E-state index in [0.717, 1.165) is 57.2 Å². The number of sulfone groups is 1. The van der Waals surface area contributed by atoms with E-state index in [0.29, 0.717) is 38.0 Å². The molecule has 0 amide bonds. The van der Waals surface area contributed by atoms with Crippen molar-refractivity contribution in [1.82, 2.24) is 14.8 Å². The summed E-state index contributed by atoms with van der Waals surface area (Å²) in [5.41, 5.74) is 6.70. The number of fused-ring (bicyclic) bond motifs is 2. The van der Waals surface area contributed by atoms with E-state index in [1.165, 1.54) is 18.4 Å². The van der Waals surface area contributed by atoms with Gasteiger partial charge in [0.05, 0.1) is 22.5 Å². The molecule has 0 spiro atoms. The molecule has 5 aromatic rings.